The van der Waals surface area contributed by atoms with Crippen LogP contribution in [-0.2, 0) is 0 Å². The average molecular weight is 377 g/mol. The minimum absolute atomic E-state index is 0.0530. The highest BCUT2D eigenvalue weighted by molar-refractivity contribution is 6.30. The van der Waals surface area contributed by atoms with Gasteiger partial charge in [0.2, 0.25) is 5.88 Å². The summed E-state index contributed by atoms with van der Waals surface area (Å²) >= 11 is 6.57. The molecule has 4 N–H and O–H groups in total. The summed E-state index contributed by atoms with van der Waals surface area (Å²) in [5.41, 5.74) is 17.3. The first kappa shape index (κ1) is 17.2. The number of allylic oxidation sites excluding steroid dienone is 1. The van der Waals surface area contributed by atoms with E-state index in [0.717, 1.165) is 27.6 Å². The van der Waals surface area contributed by atoms with Gasteiger partial charge in [-0.05, 0) is 37.6 Å². The summed E-state index contributed by atoms with van der Waals surface area (Å²) < 4.78 is 5.62. The van der Waals surface area contributed by atoms with E-state index < -0.39 is 5.92 Å². The van der Waals surface area contributed by atoms with Crippen molar-refractivity contribution in [1.82, 2.24) is 4.98 Å². The molecule has 5 nitrogen and oxygen atoms in total. The topological polar surface area (TPSA) is 98.0 Å². The van der Waals surface area contributed by atoms with Crippen LogP contribution < -0.4 is 16.2 Å². The number of hydrogen-bond donors (Lipinski definition) is 2. The summed E-state index contributed by atoms with van der Waals surface area (Å²) in [6.45, 7) is 4.04. The van der Waals surface area contributed by atoms with Gasteiger partial charge in [0, 0.05) is 28.3 Å². The third kappa shape index (κ3) is 2.75. The molecule has 1 aliphatic rings. The molecule has 3 aromatic rings. The molecule has 1 atom stereocenters. The predicted octanol–water partition coefficient (Wildman–Crippen LogP) is 4.31. The summed E-state index contributed by atoms with van der Waals surface area (Å²) in [6.07, 6.45) is 0. The van der Waals surface area contributed by atoms with Crippen LogP contribution in [0.25, 0.3) is 10.9 Å². The average Bonchev–Trinajstić information content (AvgIpc) is 2.60. The number of nitrogens with two attached hydrogens (primary N) is 2. The second-order valence-electron chi connectivity index (χ2n) is 6.74. The van der Waals surface area contributed by atoms with E-state index in [1.165, 1.54) is 0 Å². The van der Waals surface area contributed by atoms with Gasteiger partial charge in [0.15, 0.2) is 0 Å². The van der Waals surface area contributed by atoms with E-state index in [4.69, 9.17) is 27.8 Å². The molecule has 1 aromatic heterocycles. The molecule has 0 aliphatic carbocycles. The van der Waals surface area contributed by atoms with Gasteiger partial charge in [-0.2, -0.15) is 5.26 Å². The van der Waals surface area contributed by atoms with E-state index in [2.05, 4.69) is 23.2 Å². The Kier molecular flexibility index (Phi) is 3.94. The SMILES string of the molecule is Cc1cc(C)c2nc(Cl)c([C@@H]3C(C#N)=C(N)Oc4cc(N)ccc43)cc2c1. The number of aromatic nitrogens is 1. The Morgan fingerprint density at radius 3 is 2.63 bits per heavy atom. The van der Waals surface area contributed by atoms with Crippen LogP contribution in [-0.4, -0.2) is 4.98 Å². The van der Waals surface area contributed by atoms with Crippen molar-refractivity contribution in [2.45, 2.75) is 19.8 Å². The van der Waals surface area contributed by atoms with Gasteiger partial charge in [-0.25, -0.2) is 4.98 Å². The second kappa shape index (κ2) is 6.19. The molecule has 134 valence electrons. The zero-order valence-electron chi connectivity index (χ0n) is 14.9. The highest BCUT2D eigenvalue weighted by Crippen LogP contribution is 2.45. The molecule has 0 radical (unpaired) electrons. The van der Waals surface area contributed by atoms with Crippen LogP contribution in [0.3, 0.4) is 0 Å². The van der Waals surface area contributed by atoms with Gasteiger partial charge in [0.05, 0.1) is 11.4 Å². The Labute approximate surface area is 161 Å². The van der Waals surface area contributed by atoms with Crippen molar-refractivity contribution in [2.75, 3.05) is 5.73 Å². The van der Waals surface area contributed by atoms with Crippen LogP contribution in [0.1, 0.15) is 28.2 Å². The first-order chi connectivity index (χ1) is 12.9. The Balaban J connectivity index is 2.02. The van der Waals surface area contributed by atoms with Crippen LogP contribution >= 0.6 is 11.6 Å². The minimum Gasteiger partial charge on any atom is -0.440 e. The molecular weight excluding hydrogens is 360 g/mol. The zero-order valence-corrected chi connectivity index (χ0v) is 15.6. The molecule has 0 saturated heterocycles. The Morgan fingerprint density at radius 1 is 1.11 bits per heavy atom. The normalized spacial score (nSPS) is 16.0. The standard InChI is InChI=1S/C21H17ClN4O/c1-10-5-11(2)19-12(6-10)7-15(20(22)26-19)18-14-4-3-13(24)8-17(14)27-21(25)16(18)9-23/h3-8,18H,24-25H2,1-2H3/t18-/m1/s1. The molecule has 1 aliphatic heterocycles. The summed E-state index contributed by atoms with van der Waals surface area (Å²) in [4.78, 5) is 4.60. The van der Waals surface area contributed by atoms with Crippen LogP contribution in [0, 0.1) is 25.2 Å². The summed E-state index contributed by atoms with van der Waals surface area (Å²) in [6, 6.07) is 13.6. The van der Waals surface area contributed by atoms with Gasteiger partial charge in [0.25, 0.3) is 0 Å². The number of fused-ring (bicyclic) bond motifs is 2. The number of aryl methyl sites for hydroxylation is 2. The van der Waals surface area contributed by atoms with E-state index >= 15 is 0 Å². The van der Waals surface area contributed by atoms with Gasteiger partial charge in [-0.3, -0.25) is 0 Å². The van der Waals surface area contributed by atoms with Gasteiger partial charge in [-0.15, -0.1) is 0 Å². The number of nitrogens with zero attached hydrogens (tertiary/aromatic N) is 2. The van der Waals surface area contributed by atoms with Crippen molar-refractivity contribution in [2.24, 2.45) is 5.73 Å². The number of pyridine rings is 1. The Bertz CT molecular complexity index is 1180. The number of rotatable bonds is 1. The van der Waals surface area contributed by atoms with E-state index in [0.29, 0.717) is 27.7 Å². The van der Waals surface area contributed by atoms with Gasteiger partial charge >= 0.3 is 0 Å². The van der Waals surface area contributed by atoms with E-state index in [1.54, 1.807) is 12.1 Å². The van der Waals surface area contributed by atoms with E-state index in [-0.39, 0.29) is 5.88 Å². The van der Waals surface area contributed by atoms with Crippen molar-refractivity contribution < 1.29 is 4.74 Å². The molecule has 6 heteroatoms. The summed E-state index contributed by atoms with van der Waals surface area (Å²) in [5, 5.41) is 11.0. The first-order valence-corrected chi connectivity index (χ1v) is 8.81. The predicted molar refractivity (Wildman–Crippen MR) is 106 cm³/mol. The maximum atomic E-state index is 9.71. The van der Waals surface area contributed by atoms with Crippen molar-refractivity contribution in [1.29, 1.82) is 5.26 Å². The third-order valence-electron chi connectivity index (χ3n) is 4.79. The molecule has 27 heavy (non-hydrogen) atoms. The third-order valence-corrected chi connectivity index (χ3v) is 5.09. The van der Waals surface area contributed by atoms with Gasteiger partial charge in [-0.1, -0.05) is 29.3 Å². The molecule has 0 spiro atoms. The Hall–Kier alpha value is -3.23. The molecule has 2 heterocycles. The lowest BCUT2D eigenvalue weighted by Gasteiger charge is -2.27. The maximum absolute atomic E-state index is 9.71. The quantitative estimate of drug-likeness (QED) is 0.487. The molecule has 0 fully saturated rings. The van der Waals surface area contributed by atoms with Crippen LogP contribution in [0.2, 0.25) is 5.15 Å². The Morgan fingerprint density at radius 2 is 1.89 bits per heavy atom. The fourth-order valence-electron chi connectivity index (χ4n) is 3.64. The van der Waals surface area contributed by atoms with Crippen LogP contribution in [0.5, 0.6) is 5.75 Å². The summed E-state index contributed by atoms with van der Waals surface area (Å²) in [5.74, 6) is 0.106. The number of nitriles is 1. The lowest BCUT2D eigenvalue weighted by atomic mass is 9.83. The zero-order chi connectivity index (χ0) is 19.3. The molecule has 4 rings (SSSR count). The van der Waals surface area contributed by atoms with Crippen molar-refractivity contribution >= 4 is 28.2 Å². The van der Waals surface area contributed by atoms with Crippen LogP contribution in [0.15, 0.2) is 47.9 Å². The highest BCUT2D eigenvalue weighted by Gasteiger charge is 2.32. The number of ether oxygens (including phenoxy) is 1. The molecule has 0 saturated carbocycles. The van der Waals surface area contributed by atoms with Crippen molar-refractivity contribution in [3.8, 4) is 11.8 Å². The molecule has 0 bridgehead atoms. The molecule has 0 unspecified atom stereocenters. The number of benzene rings is 2. The molecule has 0 amide bonds. The van der Waals surface area contributed by atoms with Gasteiger partial charge in [0.1, 0.15) is 22.5 Å². The monoisotopic (exact) mass is 376 g/mol. The van der Waals surface area contributed by atoms with E-state index in [9.17, 15) is 5.26 Å². The molecular formula is C21H17ClN4O. The van der Waals surface area contributed by atoms with Gasteiger partial charge < -0.3 is 16.2 Å². The lowest BCUT2D eigenvalue weighted by molar-refractivity contribution is 0.394. The maximum Gasteiger partial charge on any atom is 0.205 e. The number of nitrogen functional groups attached to an aromatic ring is 1. The van der Waals surface area contributed by atoms with Crippen molar-refractivity contribution in [3.05, 3.63) is 75.3 Å². The molecule has 2 aromatic carbocycles. The fraction of sp³-hybridized carbons (Fsp3) is 0.143. The lowest BCUT2D eigenvalue weighted by Crippen LogP contribution is -2.21. The van der Waals surface area contributed by atoms with E-state index in [1.807, 2.05) is 26.0 Å². The summed E-state index contributed by atoms with van der Waals surface area (Å²) in [7, 11) is 0. The number of anilines is 1. The second-order valence-corrected chi connectivity index (χ2v) is 7.10. The number of hydrogen-bond acceptors (Lipinski definition) is 5. The number of halogens is 1. The first-order valence-electron chi connectivity index (χ1n) is 8.43. The smallest absolute Gasteiger partial charge is 0.205 e. The fourth-order valence-corrected chi connectivity index (χ4v) is 3.89. The largest absolute Gasteiger partial charge is 0.440 e. The highest BCUT2D eigenvalue weighted by atomic mass is 35.5. The van der Waals surface area contributed by atoms with Crippen LogP contribution in [0.4, 0.5) is 5.69 Å². The minimum atomic E-state index is -0.468. The van der Waals surface area contributed by atoms with Crippen molar-refractivity contribution in [3.63, 3.8) is 0 Å².